The van der Waals surface area contributed by atoms with Crippen LogP contribution in [0.15, 0.2) is 5.38 Å². The zero-order valence-corrected chi connectivity index (χ0v) is 14.9. The molecule has 3 fully saturated rings. The third kappa shape index (κ3) is 3.21. The normalized spacial score (nSPS) is 27.4. The molecule has 24 heavy (non-hydrogen) atoms. The smallest absolute Gasteiger partial charge is 0.228 e. The first-order valence-corrected chi connectivity index (χ1v) is 10.1. The van der Waals surface area contributed by atoms with Crippen molar-refractivity contribution in [1.29, 1.82) is 0 Å². The van der Waals surface area contributed by atoms with Crippen molar-refractivity contribution in [1.82, 2.24) is 9.88 Å². The van der Waals surface area contributed by atoms with Gasteiger partial charge in [-0.05, 0) is 31.1 Å². The molecule has 6 heteroatoms. The van der Waals surface area contributed by atoms with Crippen LogP contribution in [-0.2, 0) is 16.0 Å². The van der Waals surface area contributed by atoms with Gasteiger partial charge in [0.1, 0.15) is 0 Å². The summed E-state index contributed by atoms with van der Waals surface area (Å²) in [6.45, 7) is 2.60. The van der Waals surface area contributed by atoms with Crippen molar-refractivity contribution in [3.8, 4) is 0 Å². The minimum absolute atomic E-state index is 0.154. The molecule has 2 aliphatic heterocycles. The summed E-state index contributed by atoms with van der Waals surface area (Å²) in [6, 6.07) is 0. The van der Waals surface area contributed by atoms with E-state index < -0.39 is 0 Å². The lowest BCUT2D eigenvalue weighted by Gasteiger charge is -2.41. The van der Waals surface area contributed by atoms with Crippen LogP contribution in [0.1, 0.15) is 50.6 Å². The molecule has 1 aromatic rings. The van der Waals surface area contributed by atoms with E-state index in [0.29, 0.717) is 18.8 Å². The lowest BCUT2D eigenvalue weighted by atomic mass is 9.75. The van der Waals surface area contributed by atoms with E-state index in [1.807, 2.05) is 10.3 Å². The van der Waals surface area contributed by atoms with Crippen LogP contribution < -0.4 is 4.90 Å². The van der Waals surface area contributed by atoms with Crippen molar-refractivity contribution in [3.05, 3.63) is 11.1 Å². The van der Waals surface area contributed by atoms with Crippen LogP contribution in [0.5, 0.6) is 0 Å². The van der Waals surface area contributed by atoms with Crippen molar-refractivity contribution in [3.63, 3.8) is 0 Å². The Morgan fingerprint density at radius 1 is 1.17 bits per heavy atom. The molecule has 0 radical (unpaired) electrons. The highest BCUT2D eigenvalue weighted by Gasteiger charge is 2.33. The number of rotatable bonds is 3. The fraction of sp³-hybridized carbons (Fsp3) is 0.722. The van der Waals surface area contributed by atoms with E-state index in [2.05, 4.69) is 4.98 Å². The zero-order chi connectivity index (χ0) is 16.5. The molecule has 1 saturated carbocycles. The quantitative estimate of drug-likeness (QED) is 0.845. The Labute approximate surface area is 147 Å². The number of likely N-dealkylation sites (tertiary alicyclic amines) is 1. The molecule has 0 unspecified atom stereocenters. The maximum atomic E-state index is 12.6. The molecule has 0 N–H and O–H groups in total. The Kier molecular flexibility index (Phi) is 4.57. The molecular formula is C18H25N3O2S. The summed E-state index contributed by atoms with van der Waals surface area (Å²) in [5.74, 6) is 1.91. The SMILES string of the molecule is O=C(Cc1csc(N2CCCC2=O)n1)N1CC[C@@H]2CCCC[C@@H]2C1. The molecule has 2 amide bonds. The average Bonchev–Trinajstić information content (AvgIpc) is 3.23. The first-order chi connectivity index (χ1) is 11.7. The predicted octanol–water partition coefficient (Wildman–Crippen LogP) is 2.85. The van der Waals surface area contributed by atoms with Crippen LogP contribution in [0.4, 0.5) is 5.13 Å². The number of thiazole rings is 1. The van der Waals surface area contributed by atoms with Gasteiger partial charge >= 0.3 is 0 Å². The molecule has 2 saturated heterocycles. The van der Waals surface area contributed by atoms with E-state index >= 15 is 0 Å². The highest BCUT2D eigenvalue weighted by Crippen LogP contribution is 2.36. The van der Waals surface area contributed by atoms with Crippen LogP contribution in [0.3, 0.4) is 0 Å². The van der Waals surface area contributed by atoms with Gasteiger partial charge in [-0.25, -0.2) is 4.98 Å². The summed E-state index contributed by atoms with van der Waals surface area (Å²) in [6.07, 6.45) is 8.39. The lowest BCUT2D eigenvalue weighted by molar-refractivity contribution is -0.133. The number of nitrogens with zero attached hydrogens (tertiary/aromatic N) is 3. The second kappa shape index (κ2) is 6.82. The van der Waals surface area contributed by atoms with Crippen LogP contribution in [-0.4, -0.2) is 41.3 Å². The average molecular weight is 347 g/mol. The molecule has 0 spiro atoms. The summed E-state index contributed by atoms with van der Waals surface area (Å²) in [7, 11) is 0. The second-order valence-corrected chi connectivity index (χ2v) is 8.22. The van der Waals surface area contributed by atoms with E-state index in [9.17, 15) is 9.59 Å². The number of anilines is 1. The number of aromatic nitrogens is 1. The van der Waals surface area contributed by atoms with Gasteiger partial charge in [-0.1, -0.05) is 19.3 Å². The van der Waals surface area contributed by atoms with Crippen LogP contribution >= 0.6 is 11.3 Å². The zero-order valence-electron chi connectivity index (χ0n) is 14.1. The van der Waals surface area contributed by atoms with Crippen LogP contribution in [0.25, 0.3) is 0 Å². The molecule has 0 aromatic carbocycles. The van der Waals surface area contributed by atoms with E-state index in [1.165, 1.54) is 43.4 Å². The molecule has 0 bridgehead atoms. The van der Waals surface area contributed by atoms with Crippen molar-refractivity contribution >= 4 is 28.3 Å². The fourth-order valence-electron chi connectivity index (χ4n) is 4.45. The third-order valence-corrected chi connectivity index (χ3v) is 6.73. The van der Waals surface area contributed by atoms with Crippen LogP contribution in [0.2, 0.25) is 0 Å². The number of piperidine rings is 1. The maximum absolute atomic E-state index is 12.6. The third-order valence-electron chi connectivity index (χ3n) is 5.82. The van der Waals surface area contributed by atoms with Crippen molar-refractivity contribution in [2.75, 3.05) is 24.5 Å². The van der Waals surface area contributed by atoms with Crippen molar-refractivity contribution in [2.45, 2.75) is 51.4 Å². The first kappa shape index (κ1) is 16.1. The number of hydrogen-bond donors (Lipinski definition) is 0. The Bertz CT molecular complexity index is 630. The topological polar surface area (TPSA) is 53.5 Å². The highest BCUT2D eigenvalue weighted by atomic mass is 32.1. The van der Waals surface area contributed by atoms with Crippen molar-refractivity contribution in [2.24, 2.45) is 11.8 Å². The molecule has 3 heterocycles. The Morgan fingerprint density at radius 3 is 2.79 bits per heavy atom. The van der Waals surface area contributed by atoms with E-state index in [-0.39, 0.29) is 11.8 Å². The predicted molar refractivity (Wildman–Crippen MR) is 94.1 cm³/mol. The van der Waals surface area contributed by atoms with Gasteiger partial charge in [-0.2, -0.15) is 0 Å². The number of hydrogen-bond acceptors (Lipinski definition) is 4. The number of carbonyl (C=O) groups is 2. The molecule has 1 aliphatic carbocycles. The van der Waals surface area contributed by atoms with Gasteiger partial charge in [-0.15, -0.1) is 11.3 Å². The van der Waals surface area contributed by atoms with Gasteiger partial charge in [-0.3, -0.25) is 14.5 Å². The lowest BCUT2D eigenvalue weighted by Crippen LogP contribution is -2.45. The molecule has 4 rings (SSSR count). The molecule has 2 atom stereocenters. The van der Waals surface area contributed by atoms with Crippen molar-refractivity contribution < 1.29 is 9.59 Å². The van der Waals surface area contributed by atoms with Gasteiger partial charge in [0.25, 0.3) is 0 Å². The maximum Gasteiger partial charge on any atom is 0.228 e. The second-order valence-electron chi connectivity index (χ2n) is 7.38. The van der Waals surface area contributed by atoms with Gasteiger partial charge in [0.15, 0.2) is 5.13 Å². The van der Waals surface area contributed by atoms with Gasteiger partial charge in [0, 0.05) is 31.4 Å². The Hall–Kier alpha value is -1.43. The minimum atomic E-state index is 0.154. The summed E-state index contributed by atoms with van der Waals surface area (Å²) in [5, 5.41) is 2.69. The number of fused-ring (bicyclic) bond motifs is 1. The minimum Gasteiger partial charge on any atom is -0.342 e. The molecule has 3 aliphatic rings. The molecular weight excluding hydrogens is 322 g/mol. The number of carbonyl (C=O) groups excluding carboxylic acids is 2. The highest BCUT2D eigenvalue weighted by molar-refractivity contribution is 7.14. The first-order valence-electron chi connectivity index (χ1n) is 9.23. The largest absolute Gasteiger partial charge is 0.342 e. The van der Waals surface area contributed by atoms with Gasteiger partial charge in [0.05, 0.1) is 12.1 Å². The Morgan fingerprint density at radius 2 is 2.00 bits per heavy atom. The number of amides is 2. The fourth-order valence-corrected chi connectivity index (χ4v) is 5.31. The van der Waals surface area contributed by atoms with Crippen LogP contribution in [0, 0.1) is 11.8 Å². The van der Waals surface area contributed by atoms with E-state index in [4.69, 9.17) is 0 Å². The Balaban J connectivity index is 1.36. The summed E-state index contributed by atoms with van der Waals surface area (Å²) >= 11 is 1.48. The summed E-state index contributed by atoms with van der Waals surface area (Å²) in [5.41, 5.74) is 0.811. The molecule has 5 nitrogen and oxygen atoms in total. The monoisotopic (exact) mass is 347 g/mol. The summed E-state index contributed by atoms with van der Waals surface area (Å²) in [4.78, 5) is 32.8. The van der Waals surface area contributed by atoms with E-state index in [1.54, 1.807) is 4.90 Å². The molecule has 1 aromatic heterocycles. The van der Waals surface area contributed by atoms with Gasteiger partial charge in [0.2, 0.25) is 11.8 Å². The van der Waals surface area contributed by atoms with Gasteiger partial charge < -0.3 is 4.90 Å². The molecule has 130 valence electrons. The summed E-state index contributed by atoms with van der Waals surface area (Å²) < 4.78 is 0. The van der Waals surface area contributed by atoms with E-state index in [0.717, 1.165) is 42.8 Å². The standard InChI is InChI=1S/C18H25N3O2S/c22-16-6-3-8-21(16)18-19-15(12-24-18)10-17(23)20-9-7-13-4-1-2-5-14(13)11-20/h12-14H,1-11H2/t13-,14+/m0/s1.